The molecule has 1 atom stereocenters. The average Bonchev–Trinajstić information content (AvgIpc) is 3.51. The predicted octanol–water partition coefficient (Wildman–Crippen LogP) is 6.03. The third-order valence-electron chi connectivity index (χ3n) is 6.73. The van der Waals surface area contributed by atoms with Crippen LogP contribution in [0.3, 0.4) is 0 Å². The molecule has 3 aromatic heterocycles. The molecule has 32 heavy (non-hydrogen) atoms. The molecule has 0 aliphatic carbocycles. The molecule has 0 spiro atoms. The van der Waals surface area contributed by atoms with Gasteiger partial charge in [-0.2, -0.15) is 0 Å². The van der Waals surface area contributed by atoms with Crippen LogP contribution in [0.25, 0.3) is 33.1 Å². The molecule has 1 N–H and O–H groups in total. The van der Waals surface area contributed by atoms with E-state index in [1.807, 2.05) is 13.8 Å². The molecule has 5 aromatic rings. The molecule has 1 unspecified atom stereocenters. The van der Waals surface area contributed by atoms with Crippen molar-refractivity contribution in [1.29, 1.82) is 0 Å². The first kappa shape index (κ1) is 19.0. The minimum atomic E-state index is 0.335. The molecule has 2 aromatic carbocycles. The Labute approximate surface area is 186 Å². The van der Waals surface area contributed by atoms with Crippen LogP contribution in [0.4, 0.5) is 5.82 Å². The van der Waals surface area contributed by atoms with E-state index in [0.29, 0.717) is 6.04 Å². The van der Waals surface area contributed by atoms with Gasteiger partial charge in [-0.15, -0.1) is 0 Å². The Morgan fingerprint density at radius 2 is 1.91 bits per heavy atom. The van der Waals surface area contributed by atoms with Crippen LogP contribution in [0.2, 0.25) is 0 Å². The monoisotopic (exact) mass is 423 g/mol. The van der Waals surface area contributed by atoms with Gasteiger partial charge in [-0.05, 0) is 62.4 Å². The normalized spacial score (nSPS) is 16.5. The van der Waals surface area contributed by atoms with Crippen LogP contribution in [0.1, 0.15) is 41.5 Å². The van der Waals surface area contributed by atoms with Crippen molar-refractivity contribution in [3.8, 4) is 11.1 Å². The van der Waals surface area contributed by atoms with Gasteiger partial charge in [0.2, 0.25) is 0 Å². The van der Waals surface area contributed by atoms with Gasteiger partial charge in [-0.1, -0.05) is 35.5 Å². The Kier molecular flexibility index (Phi) is 4.28. The van der Waals surface area contributed by atoms with E-state index in [2.05, 4.69) is 69.4 Å². The maximum Gasteiger partial charge on any atom is 0.143 e. The smallest absolute Gasteiger partial charge is 0.143 e. The second kappa shape index (κ2) is 7.19. The number of aryl methyl sites for hydroxylation is 3. The number of rotatable bonds is 3. The molecule has 0 bridgehead atoms. The first-order chi connectivity index (χ1) is 15.6. The Bertz CT molecular complexity index is 1430. The molecule has 1 fully saturated rings. The fraction of sp³-hybridized carbons (Fsp3) is 0.269. The molecular formula is C26H25N5O. The number of H-pyrrole nitrogens is 1. The lowest BCUT2D eigenvalue weighted by molar-refractivity contribution is 0.393. The molecule has 6 rings (SSSR count). The Hall–Kier alpha value is -3.67. The number of hydrogen-bond donors (Lipinski definition) is 1. The number of aromatic amines is 1. The van der Waals surface area contributed by atoms with Crippen LogP contribution in [0.15, 0.2) is 53.3 Å². The highest BCUT2D eigenvalue weighted by Crippen LogP contribution is 2.41. The summed E-state index contributed by atoms with van der Waals surface area (Å²) in [5.41, 5.74) is 7.56. The number of anilines is 1. The minimum Gasteiger partial charge on any atom is -0.361 e. The molecule has 0 saturated carbocycles. The zero-order valence-corrected chi connectivity index (χ0v) is 18.5. The first-order valence-corrected chi connectivity index (χ1v) is 11.1. The van der Waals surface area contributed by atoms with E-state index in [4.69, 9.17) is 9.51 Å². The third kappa shape index (κ3) is 2.83. The zero-order valence-electron chi connectivity index (χ0n) is 18.5. The molecule has 1 saturated heterocycles. The summed E-state index contributed by atoms with van der Waals surface area (Å²) >= 11 is 0. The van der Waals surface area contributed by atoms with Crippen molar-refractivity contribution in [2.24, 2.45) is 0 Å². The lowest BCUT2D eigenvalue weighted by Crippen LogP contribution is -2.23. The van der Waals surface area contributed by atoms with Crippen molar-refractivity contribution >= 4 is 27.8 Å². The van der Waals surface area contributed by atoms with E-state index in [0.717, 1.165) is 69.7 Å². The van der Waals surface area contributed by atoms with E-state index >= 15 is 0 Å². The molecule has 160 valence electrons. The van der Waals surface area contributed by atoms with E-state index in [9.17, 15) is 0 Å². The quantitative estimate of drug-likeness (QED) is 0.383. The molecule has 0 radical (unpaired) electrons. The number of benzene rings is 2. The molecule has 0 amide bonds. The fourth-order valence-electron chi connectivity index (χ4n) is 5.26. The highest BCUT2D eigenvalue weighted by Gasteiger charge is 2.29. The molecule has 1 aliphatic heterocycles. The highest BCUT2D eigenvalue weighted by molar-refractivity contribution is 6.12. The summed E-state index contributed by atoms with van der Waals surface area (Å²) in [6.07, 6.45) is 3.96. The molecule has 6 nitrogen and oxygen atoms in total. The van der Waals surface area contributed by atoms with Crippen molar-refractivity contribution in [3.05, 3.63) is 71.4 Å². The van der Waals surface area contributed by atoms with E-state index < -0.39 is 0 Å². The third-order valence-corrected chi connectivity index (χ3v) is 6.73. The Morgan fingerprint density at radius 3 is 2.69 bits per heavy atom. The second-order valence-corrected chi connectivity index (χ2v) is 8.72. The Balaban J connectivity index is 1.54. The first-order valence-electron chi connectivity index (χ1n) is 11.1. The van der Waals surface area contributed by atoms with Crippen LogP contribution in [-0.2, 0) is 0 Å². The predicted molar refractivity (Wildman–Crippen MR) is 127 cm³/mol. The lowest BCUT2D eigenvalue weighted by atomic mass is 9.97. The van der Waals surface area contributed by atoms with Crippen LogP contribution in [0, 0.1) is 20.8 Å². The number of hydrogen-bond acceptors (Lipinski definition) is 5. The molecule has 4 heterocycles. The summed E-state index contributed by atoms with van der Waals surface area (Å²) < 4.78 is 5.43. The SMILES string of the molecule is Cc1cc2c(cc1-c1c(C)noc1C)[nH]c1ncnc(N3CCCC3c3ccccc3)c12. The molecule has 1 aliphatic rings. The van der Waals surface area contributed by atoms with E-state index in [1.54, 1.807) is 6.33 Å². The number of nitrogens with zero attached hydrogens (tertiary/aromatic N) is 4. The zero-order chi connectivity index (χ0) is 21.8. The fourth-order valence-corrected chi connectivity index (χ4v) is 5.26. The van der Waals surface area contributed by atoms with Crippen molar-refractivity contribution in [2.45, 2.75) is 39.7 Å². The van der Waals surface area contributed by atoms with Gasteiger partial charge in [-0.25, -0.2) is 9.97 Å². The van der Waals surface area contributed by atoms with Gasteiger partial charge in [0.1, 0.15) is 23.6 Å². The van der Waals surface area contributed by atoms with Gasteiger partial charge < -0.3 is 14.4 Å². The van der Waals surface area contributed by atoms with E-state index in [1.165, 1.54) is 11.1 Å². The molecular weight excluding hydrogens is 398 g/mol. The minimum absolute atomic E-state index is 0.335. The van der Waals surface area contributed by atoms with Crippen molar-refractivity contribution < 1.29 is 4.52 Å². The molecule has 6 heteroatoms. The summed E-state index contributed by atoms with van der Waals surface area (Å²) in [5.74, 6) is 1.85. The summed E-state index contributed by atoms with van der Waals surface area (Å²) in [6.45, 7) is 7.09. The summed E-state index contributed by atoms with van der Waals surface area (Å²) in [4.78, 5) is 15.4. The number of fused-ring (bicyclic) bond motifs is 3. The van der Waals surface area contributed by atoms with E-state index in [-0.39, 0.29) is 0 Å². The summed E-state index contributed by atoms with van der Waals surface area (Å²) in [5, 5.41) is 6.40. The van der Waals surface area contributed by atoms with Gasteiger partial charge in [-0.3, -0.25) is 0 Å². The standard InChI is InChI=1S/C26H25N5O/c1-15-12-20-21(13-19(15)23-16(2)30-32-17(23)3)29-25-24(20)26(28-14-27-25)31-11-7-10-22(31)18-8-5-4-6-9-18/h4-6,8-9,12-14,22H,7,10-11H2,1-3H3,(H,27,28,29). The maximum absolute atomic E-state index is 5.43. The largest absolute Gasteiger partial charge is 0.361 e. The lowest BCUT2D eigenvalue weighted by Gasteiger charge is -2.26. The highest BCUT2D eigenvalue weighted by atomic mass is 16.5. The van der Waals surface area contributed by atoms with Gasteiger partial charge in [0.15, 0.2) is 0 Å². The second-order valence-electron chi connectivity index (χ2n) is 8.72. The van der Waals surface area contributed by atoms with Crippen LogP contribution < -0.4 is 4.90 Å². The maximum atomic E-state index is 5.43. The Morgan fingerprint density at radius 1 is 1.06 bits per heavy atom. The van der Waals surface area contributed by atoms with Crippen LogP contribution in [-0.4, -0.2) is 26.7 Å². The van der Waals surface area contributed by atoms with Crippen molar-refractivity contribution in [2.75, 3.05) is 11.4 Å². The van der Waals surface area contributed by atoms with Crippen LogP contribution >= 0.6 is 0 Å². The number of nitrogens with one attached hydrogen (secondary N) is 1. The van der Waals surface area contributed by atoms with Gasteiger partial charge >= 0.3 is 0 Å². The van der Waals surface area contributed by atoms with Gasteiger partial charge in [0.25, 0.3) is 0 Å². The van der Waals surface area contributed by atoms with Gasteiger partial charge in [0.05, 0.1) is 17.1 Å². The topological polar surface area (TPSA) is 70.8 Å². The summed E-state index contributed by atoms with van der Waals surface area (Å²) in [6, 6.07) is 15.5. The average molecular weight is 424 g/mol. The number of aromatic nitrogens is 4. The van der Waals surface area contributed by atoms with Gasteiger partial charge in [0, 0.05) is 23.0 Å². The summed E-state index contributed by atoms with van der Waals surface area (Å²) in [7, 11) is 0. The van der Waals surface area contributed by atoms with Crippen molar-refractivity contribution in [1.82, 2.24) is 20.1 Å². The van der Waals surface area contributed by atoms with Crippen molar-refractivity contribution in [3.63, 3.8) is 0 Å². The van der Waals surface area contributed by atoms with Crippen LogP contribution in [0.5, 0.6) is 0 Å².